The molecule has 2 saturated heterocycles. The Morgan fingerprint density at radius 1 is 1.20 bits per heavy atom. The molecule has 5 nitrogen and oxygen atoms in total. The fraction of sp³-hybridized carbons (Fsp3) is 0.474. The molecule has 25 heavy (non-hydrogen) atoms. The van der Waals surface area contributed by atoms with Crippen LogP contribution in [0.15, 0.2) is 53.1 Å². The topological polar surface area (TPSA) is 46.0 Å². The van der Waals surface area contributed by atoms with Gasteiger partial charge in [0.2, 0.25) is 7.29 Å². The molecule has 0 spiro atoms. The molecule has 1 aromatic carbocycles. The lowest BCUT2D eigenvalue weighted by Gasteiger charge is -2.34. The Kier molecular flexibility index (Phi) is 4.06. The van der Waals surface area contributed by atoms with Crippen molar-refractivity contribution in [2.75, 3.05) is 37.7 Å². The van der Waals surface area contributed by atoms with Crippen molar-refractivity contribution >= 4 is 13.0 Å². The quantitative estimate of drug-likeness (QED) is 0.795. The summed E-state index contributed by atoms with van der Waals surface area (Å²) in [5.74, 6) is 0. The van der Waals surface area contributed by atoms with Crippen molar-refractivity contribution in [3.63, 3.8) is 0 Å². The third kappa shape index (κ3) is 2.95. The van der Waals surface area contributed by atoms with Crippen molar-refractivity contribution in [3.8, 4) is 0 Å². The average Bonchev–Trinajstić information content (AvgIpc) is 2.85. The molecule has 6 heteroatoms. The maximum Gasteiger partial charge on any atom is 0.223 e. The number of morpholine rings is 1. The number of para-hydroxylation sites is 1. The van der Waals surface area contributed by atoms with Gasteiger partial charge in [-0.3, -0.25) is 9.99 Å². The van der Waals surface area contributed by atoms with Crippen LogP contribution < -0.4 is 15.1 Å². The lowest BCUT2D eigenvalue weighted by Crippen LogP contribution is -3.12. The first-order valence-electron chi connectivity index (χ1n) is 8.98. The van der Waals surface area contributed by atoms with Gasteiger partial charge in [0.1, 0.15) is 24.1 Å². The first-order chi connectivity index (χ1) is 11.9. The van der Waals surface area contributed by atoms with Crippen LogP contribution in [0.2, 0.25) is 0 Å². The Morgan fingerprint density at radius 2 is 1.88 bits per heavy atom. The van der Waals surface area contributed by atoms with Gasteiger partial charge in [-0.25, -0.2) is 4.78 Å². The summed E-state index contributed by atoms with van der Waals surface area (Å²) < 4.78 is 21.3. The minimum Gasteiger partial charge on any atom is -0.370 e. The number of nitrogens with zero attached hydrogens (tertiary/aromatic N) is 1. The van der Waals surface area contributed by atoms with Crippen molar-refractivity contribution in [3.05, 3.63) is 53.1 Å². The van der Waals surface area contributed by atoms with Gasteiger partial charge in [0.25, 0.3) is 0 Å². The van der Waals surface area contributed by atoms with Crippen LogP contribution in [0, 0.1) is 5.41 Å². The number of rotatable bonds is 2. The zero-order valence-corrected chi connectivity index (χ0v) is 16.1. The molecule has 0 unspecified atom stereocenters. The predicted octanol–water partition coefficient (Wildman–Crippen LogP) is 2.36. The minimum atomic E-state index is -2.71. The van der Waals surface area contributed by atoms with Crippen molar-refractivity contribution < 1.29 is 14.2 Å². The van der Waals surface area contributed by atoms with Crippen molar-refractivity contribution in [1.82, 2.24) is 5.43 Å². The van der Waals surface area contributed by atoms with E-state index in [1.807, 2.05) is 41.8 Å². The van der Waals surface area contributed by atoms with E-state index in [2.05, 4.69) is 25.3 Å². The van der Waals surface area contributed by atoms with Gasteiger partial charge >= 0.3 is 0 Å². The van der Waals surface area contributed by atoms with Crippen LogP contribution in [0.3, 0.4) is 0 Å². The number of hydrazine groups is 1. The van der Waals surface area contributed by atoms with E-state index < -0.39 is 7.29 Å². The van der Waals surface area contributed by atoms with E-state index >= 15 is 0 Å². The van der Waals surface area contributed by atoms with Gasteiger partial charge in [0, 0.05) is 13.1 Å². The highest BCUT2D eigenvalue weighted by Gasteiger charge is 2.48. The number of ether oxygens (including phenoxy) is 1. The fourth-order valence-corrected chi connectivity index (χ4v) is 6.52. The van der Waals surface area contributed by atoms with Crippen LogP contribution in [-0.4, -0.2) is 33.0 Å². The highest BCUT2D eigenvalue weighted by Crippen LogP contribution is 2.63. The molecular formula is C19H27N3O2P+. The largest absolute Gasteiger partial charge is 0.370 e. The monoisotopic (exact) mass is 360 g/mol. The summed E-state index contributed by atoms with van der Waals surface area (Å²) in [5.41, 5.74) is 6.79. The number of fused-ring (bicyclic) bond motifs is 1. The van der Waals surface area contributed by atoms with Gasteiger partial charge in [-0.15, -0.1) is 0 Å². The maximum atomic E-state index is 13.9. The van der Waals surface area contributed by atoms with Gasteiger partial charge < -0.3 is 9.64 Å². The summed E-state index contributed by atoms with van der Waals surface area (Å²) in [6.07, 6.45) is 3.20. The number of nitrogens with one attached hydrogen (secondary N) is 2. The van der Waals surface area contributed by atoms with Crippen molar-refractivity contribution in [2.24, 2.45) is 5.41 Å². The third-order valence-corrected chi connectivity index (χ3v) is 7.69. The number of hydrogen-bond acceptors (Lipinski definition) is 3. The van der Waals surface area contributed by atoms with E-state index in [-0.39, 0.29) is 5.41 Å². The summed E-state index contributed by atoms with van der Waals surface area (Å²) in [4.78, 5) is 1.43. The van der Waals surface area contributed by atoms with Crippen molar-refractivity contribution in [1.29, 1.82) is 0 Å². The Hall–Kier alpha value is -1.55. The van der Waals surface area contributed by atoms with Crippen LogP contribution >= 0.6 is 7.29 Å². The summed E-state index contributed by atoms with van der Waals surface area (Å²) in [7, 11) is -2.71. The van der Waals surface area contributed by atoms with E-state index in [1.54, 1.807) is 0 Å². The number of anilines is 1. The zero-order chi connectivity index (χ0) is 17.7. The van der Waals surface area contributed by atoms with Crippen LogP contribution in [0.4, 0.5) is 5.69 Å². The molecule has 0 amide bonds. The van der Waals surface area contributed by atoms with Gasteiger partial charge in [0.15, 0.2) is 0 Å². The molecular weight excluding hydrogens is 333 g/mol. The SMILES string of the molecule is CC1(C)C=C2NN(c3ccccc3)[P@](C)(=O)C2=C([NH+]2CCOCC2)C1. The van der Waals surface area contributed by atoms with E-state index in [1.165, 1.54) is 10.6 Å². The molecule has 0 saturated carbocycles. The Labute approximate surface area is 149 Å². The molecule has 2 fully saturated rings. The molecule has 1 aromatic rings. The standard InChI is InChI=1S/C19H26N3O2P/c1-19(2)13-16-18(17(14-19)21-9-11-24-12-10-21)25(3,23)22(20-16)15-7-5-4-6-8-15/h4-8,13,20H,9-12,14H2,1-3H3/p+1/t25-/m1/s1. The maximum absolute atomic E-state index is 13.9. The van der Waals surface area contributed by atoms with E-state index in [0.29, 0.717) is 0 Å². The van der Waals surface area contributed by atoms with Crippen molar-refractivity contribution in [2.45, 2.75) is 20.3 Å². The average molecular weight is 360 g/mol. The molecule has 2 N–H and O–H groups in total. The molecule has 134 valence electrons. The number of benzene rings is 1. The minimum absolute atomic E-state index is 0.0547. The van der Waals surface area contributed by atoms with Crippen LogP contribution in [0.5, 0.6) is 0 Å². The number of quaternary nitrogens is 1. The van der Waals surface area contributed by atoms with E-state index in [9.17, 15) is 4.57 Å². The molecule has 1 aliphatic carbocycles. The Bertz CT molecular complexity index is 779. The van der Waals surface area contributed by atoms with Gasteiger partial charge in [0.05, 0.1) is 24.6 Å². The highest BCUT2D eigenvalue weighted by atomic mass is 31.2. The third-order valence-electron chi connectivity index (χ3n) is 5.26. The van der Waals surface area contributed by atoms with Gasteiger partial charge in [-0.1, -0.05) is 38.1 Å². The summed E-state index contributed by atoms with van der Waals surface area (Å²) in [5, 5.41) is 1.03. The fourth-order valence-electron chi connectivity index (χ4n) is 4.15. The highest BCUT2D eigenvalue weighted by molar-refractivity contribution is 7.69. The van der Waals surface area contributed by atoms with Crippen LogP contribution in [-0.2, 0) is 9.30 Å². The van der Waals surface area contributed by atoms with Crippen LogP contribution in [0.25, 0.3) is 0 Å². The second-order valence-electron chi connectivity index (χ2n) is 7.90. The lowest BCUT2D eigenvalue weighted by atomic mass is 9.82. The molecule has 1 atom stereocenters. The first-order valence-corrected chi connectivity index (χ1v) is 11.1. The van der Waals surface area contributed by atoms with Gasteiger partial charge in [-0.05, 0) is 17.5 Å². The summed E-state index contributed by atoms with van der Waals surface area (Å²) in [6.45, 7) is 9.85. The molecule has 0 bridgehead atoms. The molecule has 0 radical (unpaired) electrons. The Balaban J connectivity index is 1.82. The van der Waals surface area contributed by atoms with Gasteiger partial charge in [-0.2, -0.15) is 0 Å². The lowest BCUT2D eigenvalue weighted by molar-refractivity contribution is -0.871. The summed E-state index contributed by atoms with van der Waals surface area (Å²) in [6, 6.07) is 9.97. The molecule has 2 heterocycles. The number of allylic oxidation sites excluding steroid dienone is 3. The molecule has 0 aromatic heterocycles. The number of hydrogen-bond donors (Lipinski definition) is 2. The van der Waals surface area contributed by atoms with E-state index in [4.69, 9.17) is 4.74 Å². The normalized spacial score (nSPS) is 29.2. The molecule has 3 aliphatic rings. The van der Waals surface area contributed by atoms with E-state index in [0.717, 1.165) is 49.4 Å². The first kappa shape index (κ1) is 16.9. The van der Waals surface area contributed by atoms with Crippen LogP contribution in [0.1, 0.15) is 20.3 Å². The Morgan fingerprint density at radius 3 is 2.56 bits per heavy atom. The predicted molar refractivity (Wildman–Crippen MR) is 101 cm³/mol. The molecule has 2 aliphatic heterocycles. The zero-order valence-electron chi connectivity index (χ0n) is 15.2. The molecule has 4 rings (SSSR count). The second kappa shape index (κ2) is 6.01. The second-order valence-corrected chi connectivity index (χ2v) is 10.5. The summed E-state index contributed by atoms with van der Waals surface area (Å²) >= 11 is 0. The smallest absolute Gasteiger partial charge is 0.223 e.